The highest BCUT2D eigenvalue weighted by atomic mass is 16.7. The fourth-order valence-electron chi connectivity index (χ4n) is 5.05. The number of likely N-dealkylation sites (tertiary alicyclic amines) is 1. The maximum Gasteiger partial charge on any atom is 0.161 e. The summed E-state index contributed by atoms with van der Waals surface area (Å²) < 4.78 is 13.7. The van der Waals surface area contributed by atoms with E-state index in [1.165, 1.54) is 61.7 Å². The molecule has 2 saturated heterocycles. The van der Waals surface area contributed by atoms with E-state index >= 15 is 0 Å². The standard InChI is InChI=1S/C23H40NO2/c1-18(2)9-8-10-20-11-12-22(19(3)15-20)23-25-17-21(26-23)16-24(4)13-6-5-7-14-24/h9,11,19,21-23H,5-8,10,12-17H2,1-4H3/q+1/t19-,21-,22+,23-/m1/s1. The van der Waals surface area contributed by atoms with E-state index in [-0.39, 0.29) is 6.29 Å². The summed E-state index contributed by atoms with van der Waals surface area (Å²) in [5.41, 5.74) is 3.06. The third kappa shape index (κ3) is 5.43. The van der Waals surface area contributed by atoms with Crippen molar-refractivity contribution in [2.45, 2.75) is 78.1 Å². The first-order valence-electron chi connectivity index (χ1n) is 10.9. The second-order valence-electron chi connectivity index (χ2n) is 9.53. The second-order valence-corrected chi connectivity index (χ2v) is 9.53. The molecule has 3 nitrogen and oxygen atoms in total. The van der Waals surface area contributed by atoms with Gasteiger partial charge in [0.2, 0.25) is 0 Å². The van der Waals surface area contributed by atoms with E-state index in [4.69, 9.17) is 9.47 Å². The van der Waals surface area contributed by atoms with Crippen molar-refractivity contribution in [3.63, 3.8) is 0 Å². The SMILES string of the molecule is CC(C)=CCCC1=CC[C@H]([C@@H]2OC[C@@H](C[N+]3(C)CCCCC3)O2)[C@H](C)C1. The van der Waals surface area contributed by atoms with Crippen LogP contribution in [-0.2, 0) is 9.47 Å². The number of likely N-dealkylation sites (N-methyl/N-ethyl adjacent to an activating group) is 1. The van der Waals surface area contributed by atoms with Gasteiger partial charge in [-0.1, -0.05) is 30.2 Å². The van der Waals surface area contributed by atoms with E-state index in [0.717, 1.165) is 19.6 Å². The first-order chi connectivity index (χ1) is 12.5. The van der Waals surface area contributed by atoms with Crippen LogP contribution in [0.25, 0.3) is 0 Å². The van der Waals surface area contributed by atoms with Crippen molar-refractivity contribution < 1.29 is 14.0 Å². The monoisotopic (exact) mass is 362 g/mol. The molecule has 0 spiro atoms. The highest BCUT2D eigenvalue weighted by Crippen LogP contribution is 2.37. The molecule has 3 rings (SSSR count). The molecule has 26 heavy (non-hydrogen) atoms. The number of hydrogen-bond acceptors (Lipinski definition) is 2. The molecule has 0 aromatic heterocycles. The Morgan fingerprint density at radius 2 is 2.00 bits per heavy atom. The quantitative estimate of drug-likeness (QED) is 0.485. The van der Waals surface area contributed by atoms with E-state index in [0.29, 0.717) is 17.9 Å². The van der Waals surface area contributed by atoms with Gasteiger partial charge < -0.3 is 14.0 Å². The van der Waals surface area contributed by atoms with Crippen molar-refractivity contribution in [2.24, 2.45) is 11.8 Å². The lowest BCUT2D eigenvalue weighted by Gasteiger charge is -2.39. The van der Waals surface area contributed by atoms with Crippen LogP contribution in [0.3, 0.4) is 0 Å². The Bertz CT molecular complexity index is 514. The van der Waals surface area contributed by atoms with Crippen LogP contribution >= 0.6 is 0 Å². The summed E-state index contributed by atoms with van der Waals surface area (Å²) in [4.78, 5) is 0. The fraction of sp³-hybridized carbons (Fsp3) is 0.826. The predicted octanol–water partition coefficient (Wildman–Crippen LogP) is 5.08. The molecule has 0 N–H and O–H groups in total. The minimum Gasteiger partial charge on any atom is -0.349 e. The maximum atomic E-state index is 6.41. The molecule has 2 aliphatic heterocycles. The van der Waals surface area contributed by atoms with Gasteiger partial charge in [0, 0.05) is 5.92 Å². The molecule has 4 atom stereocenters. The normalized spacial score (nSPS) is 34.4. The molecule has 2 fully saturated rings. The lowest BCUT2D eigenvalue weighted by atomic mass is 9.79. The van der Waals surface area contributed by atoms with Gasteiger partial charge in [-0.05, 0) is 64.7 Å². The van der Waals surface area contributed by atoms with E-state index < -0.39 is 0 Å². The fourth-order valence-corrected chi connectivity index (χ4v) is 5.05. The third-order valence-electron chi connectivity index (χ3n) is 6.67. The van der Waals surface area contributed by atoms with E-state index in [9.17, 15) is 0 Å². The summed E-state index contributed by atoms with van der Waals surface area (Å²) >= 11 is 0. The Balaban J connectivity index is 1.48. The number of rotatable bonds is 6. The van der Waals surface area contributed by atoms with Gasteiger partial charge in [-0.25, -0.2) is 0 Å². The van der Waals surface area contributed by atoms with Crippen molar-refractivity contribution in [1.82, 2.24) is 0 Å². The molecule has 0 bridgehead atoms. The summed E-state index contributed by atoms with van der Waals surface area (Å²) in [5, 5.41) is 0. The number of nitrogens with zero attached hydrogens (tertiary/aromatic N) is 1. The Hall–Kier alpha value is -0.640. The molecule has 2 heterocycles. The number of quaternary nitrogens is 1. The lowest BCUT2D eigenvalue weighted by molar-refractivity contribution is -0.916. The van der Waals surface area contributed by atoms with Crippen LogP contribution in [0.1, 0.15) is 65.7 Å². The Labute approximate surface area is 161 Å². The second kappa shape index (κ2) is 9.03. The zero-order valence-electron chi connectivity index (χ0n) is 17.5. The molecule has 1 aliphatic carbocycles. The van der Waals surface area contributed by atoms with Crippen LogP contribution in [0.5, 0.6) is 0 Å². The average molecular weight is 363 g/mol. The predicted molar refractivity (Wildman–Crippen MR) is 108 cm³/mol. The van der Waals surface area contributed by atoms with Gasteiger partial charge in [0.25, 0.3) is 0 Å². The van der Waals surface area contributed by atoms with Gasteiger partial charge in [0.05, 0.1) is 26.7 Å². The number of allylic oxidation sites excluding steroid dienone is 4. The van der Waals surface area contributed by atoms with Crippen molar-refractivity contribution in [3.05, 3.63) is 23.3 Å². The number of ether oxygens (including phenoxy) is 2. The van der Waals surface area contributed by atoms with Gasteiger partial charge >= 0.3 is 0 Å². The van der Waals surface area contributed by atoms with Crippen molar-refractivity contribution in [2.75, 3.05) is 33.3 Å². The Kier molecular flexibility index (Phi) is 6.98. The van der Waals surface area contributed by atoms with Gasteiger partial charge in [0.15, 0.2) is 6.29 Å². The van der Waals surface area contributed by atoms with E-state index in [1.54, 1.807) is 5.57 Å². The molecule has 0 aromatic rings. The topological polar surface area (TPSA) is 18.5 Å². The largest absolute Gasteiger partial charge is 0.349 e. The highest BCUT2D eigenvalue weighted by Gasteiger charge is 2.40. The molecular weight excluding hydrogens is 322 g/mol. The average Bonchev–Trinajstić information content (AvgIpc) is 3.02. The first-order valence-corrected chi connectivity index (χ1v) is 10.9. The van der Waals surface area contributed by atoms with Crippen LogP contribution in [0.2, 0.25) is 0 Å². The van der Waals surface area contributed by atoms with Crippen LogP contribution in [0.4, 0.5) is 0 Å². The van der Waals surface area contributed by atoms with Crippen molar-refractivity contribution in [1.29, 1.82) is 0 Å². The maximum absolute atomic E-state index is 6.41. The molecular formula is C23H40NO2+. The molecule has 3 aliphatic rings. The molecule has 3 heteroatoms. The first kappa shape index (κ1) is 20.1. The molecule has 0 unspecified atom stereocenters. The lowest BCUT2D eigenvalue weighted by Crippen LogP contribution is -2.52. The van der Waals surface area contributed by atoms with Crippen LogP contribution in [0.15, 0.2) is 23.3 Å². The van der Waals surface area contributed by atoms with Crippen LogP contribution < -0.4 is 0 Å². The van der Waals surface area contributed by atoms with E-state index in [1.807, 2.05) is 0 Å². The zero-order valence-corrected chi connectivity index (χ0v) is 17.5. The van der Waals surface area contributed by atoms with Crippen molar-refractivity contribution in [3.8, 4) is 0 Å². The molecule has 0 aromatic carbocycles. The van der Waals surface area contributed by atoms with Crippen molar-refractivity contribution >= 4 is 0 Å². The molecule has 0 radical (unpaired) electrons. The summed E-state index contributed by atoms with van der Waals surface area (Å²) in [6.07, 6.45) is 14.0. The highest BCUT2D eigenvalue weighted by molar-refractivity contribution is 5.10. The minimum atomic E-state index is 0.0157. The summed E-state index contributed by atoms with van der Waals surface area (Å²) in [5.74, 6) is 1.18. The van der Waals surface area contributed by atoms with Crippen LogP contribution in [0, 0.1) is 11.8 Å². The summed E-state index contributed by atoms with van der Waals surface area (Å²) in [6.45, 7) is 11.3. The van der Waals surface area contributed by atoms with Crippen LogP contribution in [-0.4, -0.2) is 50.2 Å². The number of piperidine rings is 1. The summed E-state index contributed by atoms with van der Waals surface area (Å²) in [7, 11) is 2.40. The van der Waals surface area contributed by atoms with Gasteiger partial charge in [0.1, 0.15) is 12.6 Å². The van der Waals surface area contributed by atoms with Gasteiger partial charge in [-0.15, -0.1) is 0 Å². The van der Waals surface area contributed by atoms with Gasteiger partial charge in [-0.2, -0.15) is 0 Å². The molecule has 0 saturated carbocycles. The summed E-state index contributed by atoms with van der Waals surface area (Å²) in [6, 6.07) is 0. The van der Waals surface area contributed by atoms with Gasteiger partial charge in [-0.3, -0.25) is 0 Å². The number of hydrogen-bond donors (Lipinski definition) is 0. The molecule has 0 amide bonds. The Morgan fingerprint density at radius 1 is 1.23 bits per heavy atom. The third-order valence-corrected chi connectivity index (χ3v) is 6.67. The minimum absolute atomic E-state index is 0.0157. The van der Waals surface area contributed by atoms with E-state index in [2.05, 4.69) is 40.0 Å². The molecule has 148 valence electrons. The zero-order chi connectivity index (χ0) is 18.6. The Morgan fingerprint density at radius 3 is 2.69 bits per heavy atom. The smallest absolute Gasteiger partial charge is 0.161 e.